The highest BCUT2D eigenvalue weighted by atomic mass is 16.3. The van der Waals surface area contributed by atoms with Gasteiger partial charge in [-0.05, 0) is 57.6 Å². The van der Waals surface area contributed by atoms with Crippen LogP contribution >= 0.6 is 0 Å². The average Bonchev–Trinajstić information content (AvgIpc) is 3.93. The molecule has 290 valence electrons. The minimum atomic E-state index is 0.532. The summed E-state index contributed by atoms with van der Waals surface area (Å²) in [5.41, 5.74) is 14.2. The molecule has 8 aromatic carbocycles. The molecular weight excluding hydrogens is 761 g/mol. The number of nitrogens with zero attached hydrogens (tertiary/aromatic N) is 4. The maximum atomic E-state index is 6.52. The van der Waals surface area contributed by atoms with Gasteiger partial charge in [-0.1, -0.05) is 182 Å². The minimum Gasteiger partial charge on any atom is -0.438 e. The normalized spacial score (nSPS) is 11.5. The van der Waals surface area contributed by atoms with E-state index in [4.69, 9.17) is 28.8 Å². The highest BCUT2D eigenvalue weighted by molar-refractivity contribution is 6.14. The highest BCUT2D eigenvalue weighted by Crippen LogP contribution is 2.45. The van der Waals surface area contributed by atoms with E-state index in [1.165, 1.54) is 0 Å². The van der Waals surface area contributed by atoms with E-state index in [0.29, 0.717) is 23.1 Å². The molecule has 0 amide bonds. The lowest BCUT2D eigenvalue weighted by Gasteiger charge is -2.16. The van der Waals surface area contributed by atoms with Crippen LogP contribution in [0.4, 0.5) is 0 Å². The lowest BCUT2D eigenvalue weighted by atomic mass is 9.90. The van der Waals surface area contributed by atoms with E-state index in [1.807, 2.05) is 48.5 Å². The molecule has 12 aromatic rings. The predicted molar refractivity (Wildman–Crippen MR) is 250 cm³/mol. The Labute approximate surface area is 356 Å². The fourth-order valence-electron chi connectivity index (χ4n) is 8.68. The Morgan fingerprint density at radius 3 is 1.08 bits per heavy atom. The molecule has 0 unspecified atom stereocenters. The first-order valence-corrected chi connectivity index (χ1v) is 20.6. The number of hydrogen-bond donors (Lipinski definition) is 0. The molecule has 4 heterocycles. The van der Waals surface area contributed by atoms with E-state index in [9.17, 15) is 0 Å². The molecular formula is C56H34N4O2. The minimum absolute atomic E-state index is 0.532. The summed E-state index contributed by atoms with van der Waals surface area (Å²) < 4.78 is 13.0. The number of fused-ring (bicyclic) bond motifs is 6. The molecule has 4 aromatic heterocycles. The molecule has 6 nitrogen and oxygen atoms in total. The standard InChI is InChI=1S/C56H34N4O2/c1-3-17-35(18-4-1)37-21-15-23-39(33-37)53-57-51(49-45-29-11-13-31-47(45)61-55(49)59-53)43-27-9-7-25-41(43)42-26-8-10-28-44(42)52-50-46-30-12-14-32-48(46)62-56(50)60-54(58-52)40-24-16-22-38(34-40)36-19-5-2-6-20-36/h1-34H. The van der Waals surface area contributed by atoms with Gasteiger partial charge in [0.05, 0.1) is 22.2 Å². The van der Waals surface area contributed by atoms with Gasteiger partial charge in [0.2, 0.25) is 11.4 Å². The number of furan rings is 2. The summed E-state index contributed by atoms with van der Waals surface area (Å²) >= 11 is 0. The van der Waals surface area contributed by atoms with E-state index in [-0.39, 0.29) is 0 Å². The first-order valence-electron chi connectivity index (χ1n) is 20.6. The van der Waals surface area contributed by atoms with Crippen LogP contribution < -0.4 is 0 Å². The molecule has 0 saturated heterocycles. The smallest absolute Gasteiger partial charge is 0.231 e. The third-order valence-corrected chi connectivity index (χ3v) is 11.6. The van der Waals surface area contributed by atoms with Crippen molar-refractivity contribution in [3.05, 3.63) is 206 Å². The van der Waals surface area contributed by atoms with Crippen LogP contribution in [0.5, 0.6) is 0 Å². The number of aromatic nitrogens is 4. The van der Waals surface area contributed by atoms with E-state index < -0.39 is 0 Å². The highest BCUT2D eigenvalue weighted by Gasteiger charge is 2.24. The first-order chi connectivity index (χ1) is 30.7. The lowest BCUT2D eigenvalue weighted by Crippen LogP contribution is -1.98. The Morgan fingerprint density at radius 1 is 0.274 bits per heavy atom. The van der Waals surface area contributed by atoms with Crippen molar-refractivity contribution in [2.24, 2.45) is 0 Å². The molecule has 0 saturated carbocycles. The zero-order valence-electron chi connectivity index (χ0n) is 33.2. The molecule has 0 fully saturated rings. The van der Waals surface area contributed by atoms with Crippen molar-refractivity contribution >= 4 is 44.1 Å². The van der Waals surface area contributed by atoms with Crippen molar-refractivity contribution in [2.75, 3.05) is 0 Å². The van der Waals surface area contributed by atoms with Crippen LogP contribution in [0, 0.1) is 0 Å². The second-order valence-corrected chi connectivity index (χ2v) is 15.3. The van der Waals surface area contributed by atoms with Crippen molar-refractivity contribution in [1.82, 2.24) is 19.9 Å². The summed E-state index contributed by atoms with van der Waals surface area (Å²) in [6.07, 6.45) is 0. The third kappa shape index (κ3) is 6.04. The maximum absolute atomic E-state index is 6.52. The van der Waals surface area contributed by atoms with Crippen LogP contribution in [0.2, 0.25) is 0 Å². The van der Waals surface area contributed by atoms with E-state index in [0.717, 1.165) is 99.7 Å². The lowest BCUT2D eigenvalue weighted by molar-refractivity contribution is 0.653. The fraction of sp³-hybridized carbons (Fsp3) is 0. The molecule has 0 radical (unpaired) electrons. The molecule has 0 aliphatic carbocycles. The largest absolute Gasteiger partial charge is 0.438 e. The number of para-hydroxylation sites is 2. The molecule has 6 heteroatoms. The Bertz CT molecular complexity index is 3410. The van der Waals surface area contributed by atoms with Crippen molar-refractivity contribution in [1.29, 1.82) is 0 Å². The van der Waals surface area contributed by atoms with Gasteiger partial charge in [-0.15, -0.1) is 0 Å². The number of benzene rings is 8. The Morgan fingerprint density at radius 2 is 0.629 bits per heavy atom. The SMILES string of the molecule is c1ccc(-c2cccc(-c3nc(-c4ccccc4-c4ccccc4-c4nc(-c5cccc(-c6ccccc6)c5)nc5oc6ccccc6c45)c4c(n3)oc3ccccc34)c2)cc1. The average molecular weight is 795 g/mol. The van der Waals surface area contributed by atoms with Crippen LogP contribution in [0.15, 0.2) is 215 Å². The van der Waals surface area contributed by atoms with Crippen LogP contribution in [0.25, 0.3) is 123 Å². The number of rotatable bonds is 7. The quantitative estimate of drug-likeness (QED) is 0.160. The summed E-state index contributed by atoms with van der Waals surface area (Å²) in [6, 6.07) is 70.6. The van der Waals surface area contributed by atoms with Crippen molar-refractivity contribution in [2.45, 2.75) is 0 Å². The monoisotopic (exact) mass is 794 g/mol. The summed E-state index contributed by atoms with van der Waals surface area (Å²) in [7, 11) is 0. The van der Waals surface area contributed by atoms with Gasteiger partial charge in [0.15, 0.2) is 11.6 Å². The second kappa shape index (κ2) is 14.7. The van der Waals surface area contributed by atoms with E-state index in [2.05, 4.69) is 158 Å². The van der Waals surface area contributed by atoms with Gasteiger partial charge in [-0.3, -0.25) is 0 Å². The van der Waals surface area contributed by atoms with Crippen LogP contribution in [0.3, 0.4) is 0 Å². The molecule has 12 rings (SSSR count). The zero-order valence-corrected chi connectivity index (χ0v) is 33.2. The van der Waals surface area contributed by atoms with Gasteiger partial charge >= 0.3 is 0 Å². The fourth-order valence-corrected chi connectivity index (χ4v) is 8.68. The first kappa shape index (κ1) is 35.5. The second-order valence-electron chi connectivity index (χ2n) is 15.3. The van der Waals surface area contributed by atoms with E-state index >= 15 is 0 Å². The van der Waals surface area contributed by atoms with E-state index in [1.54, 1.807) is 0 Å². The van der Waals surface area contributed by atoms with Crippen molar-refractivity contribution in [3.8, 4) is 78.7 Å². The topological polar surface area (TPSA) is 77.8 Å². The maximum Gasteiger partial charge on any atom is 0.231 e. The van der Waals surface area contributed by atoms with Crippen molar-refractivity contribution < 1.29 is 8.83 Å². The van der Waals surface area contributed by atoms with Crippen LogP contribution in [0.1, 0.15) is 0 Å². The molecule has 62 heavy (non-hydrogen) atoms. The summed E-state index contributed by atoms with van der Waals surface area (Å²) in [4.78, 5) is 21.1. The van der Waals surface area contributed by atoms with Gasteiger partial charge in [0, 0.05) is 33.0 Å². The Hall–Kier alpha value is -8.48. The van der Waals surface area contributed by atoms with Gasteiger partial charge in [-0.2, -0.15) is 9.97 Å². The summed E-state index contributed by atoms with van der Waals surface area (Å²) in [5, 5.41) is 3.63. The molecule has 0 aliphatic heterocycles. The zero-order chi connectivity index (χ0) is 41.0. The van der Waals surface area contributed by atoms with Gasteiger partial charge < -0.3 is 8.83 Å². The molecule has 0 spiro atoms. The van der Waals surface area contributed by atoms with Crippen molar-refractivity contribution in [3.63, 3.8) is 0 Å². The van der Waals surface area contributed by atoms with Crippen LogP contribution in [-0.4, -0.2) is 19.9 Å². The number of hydrogen-bond acceptors (Lipinski definition) is 6. The molecule has 0 atom stereocenters. The molecule has 0 N–H and O–H groups in total. The molecule has 0 bridgehead atoms. The Balaban J connectivity index is 1.08. The molecule has 0 aliphatic rings. The summed E-state index contributed by atoms with van der Waals surface area (Å²) in [5.74, 6) is 1.16. The Kier molecular flexibility index (Phi) is 8.38. The van der Waals surface area contributed by atoms with Gasteiger partial charge in [-0.25, -0.2) is 9.97 Å². The predicted octanol–water partition coefficient (Wildman–Crippen LogP) is 14.7. The van der Waals surface area contributed by atoms with Crippen LogP contribution in [-0.2, 0) is 0 Å². The summed E-state index contributed by atoms with van der Waals surface area (Å²) in [6.45, 7) is 0. The third-order valence-electron chi connectivity index (χ3n) is 11.6. The van der Waals surface area contributed by atoms with Gasteiger partial charge in [0.1, 0.15) is 11.2 Å². The van der Waals surface area contributed by atoms with Gasteiger partial charge in [0.25, 0.3) is 0 Å².